The molecule has 3 aromatic rings. The van der Waals surface area contributed by atoms with E-state index in [-0.39, 0.29) is 11.9 Å². The number of aromatic nitrogens is 4. The SMILES string of the molecule is Cc1c(CN2CCO[C@H](c3nc(N(C)C)ncc3-c3cccc(F)c3)C2)cnn1C. The smallest absolute Gasteiger partial charge is 0.225 e. The van der Waals surface area contributed by atoms with Crippen LogP contribution in [0.25, 0.3) is 11.1 Å². The molecule has 0 saturated carbocycles. The largest absolute Gasteiger partial charge is 0.369 e. The molecule has 1 aliphatic heterocycles. The first-order valence-corrected chi connectivity index (χ1v) is 10.0. The van der Waals surface area contributed by atoms with Gasteiger partial charge in [0, 0.05) is 63.8 Å². The molecule has 4 rings (SSSR count). The van der Waals surface area contributed by atoms with E-state index in [0.29, 0.717) is 19.1 Å². The zero-order valence-corrected chi connectivity index (χ0v) is 17.8. The van der Waals surface area contributed by atoms with Crippen molar-refractivity contribution in [3.8, 4) is 11.1 Å². The molecule has 2 aromatic heterocycles. The van der Waals surface area contributed by atoms with E-state index in [2.05, 4.69) is 21.9 Å². The molecular formula is C22H27FN6O. The highest BCUT2D eigenvalue weighted by atomic mass is 19.1. The second-order valence-corrected chi connectivity index (χ2v) is 7.85. The first kappa shape index (κ1) is 20.4. The van der Waals surface area contributed by atoms with Crippen molar-refractivity contribution in [2.75, 3.05) is 38.7 Å². The van der Waals surface area contributed by atoms with E-state index in [1.54, 1.807) is 12.3 Å². The van der Waals surface area contributed by atoms with Crippen molar-refractivity contribution in [3.05, 3.63) is 59.4 Å². The Morgan fingerprint density at radius 1 is 1.27 bits per heavy atom. The fraction of sp³-hybridized carbons (Fsp3) is 0.409. The molecule has 1 aromatic carbocycles. The van der Waals surface area contributed by atoms with Crippen LogP contribution in [-0.4, -0.2) is 58.4 Å². The lowest BCUT2D eigenvalue weighted by molar-refractivity contribution is -0.0347. The molecule has 8 heteroatoms. The summed E-state index contributed by atoms with van der Waals surface area (Å²) in [6.45, 7) is 5.02. The molecule has 0 radical (unpaired) electrons. The molecule has 1 atom stereocenters. The average Bonchev–Trinajstić information content (AvgIpc) is 3.05. The van der Waals surface area contributed by atoms with E-state index < -0.39 is 0 Å². The average molecular weight is 410 g/mol. The number of hydrogen-bond acceptors (Lipinski definition) is 6. The molecule has 30 heavy (non-hydrogen) atoms. The lowest BCUT2D eigenvalue weighted by Gasteiger charge is -2.33. The Hall–Kier alpha value is -2.84. The highest BCUT2D eigenvalue weighted by Crippen LogP contribution is 2.32. The molecule has 1 fully saturated rings. The summed E-state index contributed by atoms with van der Waals surface area (Å²) in [6.07, 6.45) is 3.46. The predicted molar refractivity (Wildman–Crippen MR) is 114 cm³/mol. The fourth-order valence-electron chi connectivity index (χ4n) is 3.68. The monoisotopic (exact) mass is 410 g/mol. The summed E-state index contributed by atoms with van der Waals surface area (Å²) in [5.74, 6) is 0.322. The topological polar surface area (TPSA) is 59.3 Å². The number of morpholine rings is 1. The molecule has 1 saturated heterocycles. The second-order valence-electron chi connectivity index (χ2n) is 7.85. The lowest BCUT2D eigenvalue weighted by atomic mass is 10.0. The minimum atomic E-state index is -0.284. The van der Waals surface area contributed by atoms with Crippen LogP contribution in [-0.2, 0) is 18.3 Å². The predicted octanol–water partition coefficient (Wildman–Crippen LogP) is 2.96. The van der Waals surface area contributed by atoms with Crippen LogP contribution >= 0.6 is 0 Å². The summed E-state index contributed by atoms with van der Waals surface area (Å²) in [5.41, 5.74) is 4.70. The van der Waals surface area contributed by atoms with Crippen molar-refractivity contribution in [2.24, 2.45) is 7.05 Å². The molecule has 0 bridgehead atoms. The van der Waals surface area contributed by atoms with Gasteiger partial charge in [0.15, 0.2) is 0 Å². The van der Waals surface area contributed by atoms with Crippen LogP contribution in [0.4, 0.5) is 10.3 Å². The van der Waals surface area contributed by atoms with Crippen molar-refractivity contribution in [2.45, 2.75) is 19.6 Å². The minimum Gasteiger partial charge on any atom is -0.369 e. The second kappa shape index (κ2) is 8.49. The number of nitrogens with zero attached hydrogens (tertiary/aromatic N) is 6. The van der Waals surface area contributed by atoms with Gasteiger partial charge in [-0.05, 0) is 24.6 Å². The van der Waals surface area contributed by atoms with Crippen LogP contribution in [0.1, 0.15) is 23.1 Å². The number of anilines is 1. The fourth-order valence-corrected chi connectivity index (χ4v) is 3.68. The van der Waals surface area contributed by atoms with Gasteiger partial charge in [-0.25, -0.2) is 14.4 Å². The standard InChI is InChI=1S/C22H27FN6O/c1-15-17(11-25-28(15)4)13-29-8-9-30-20(14-29)21-19(12-24-22(26-21)27(2)3)16-6-5-7-18(23)10-16/h5-7,10-12,20H,8-9,13-14H2,1-4H3/t20-/m0/s1. The van der Waals surface area contributed by atoms with Gasteiger partial charge in [-0.2, -0.15) is 5.10 Å². The van der Waals surface area contributed by atoms with E-state index in [1.807, 2.05) is 43.0 Å². The Labute approximate surface area is 176 Å². The maximum Gasteiger partial charge on any atom is 0.225 e. The number of hydrogen-bond donors (Lipinski definition) is 0. The van der Waals surface area contributed by atoms with Gasteiger partial charge in [0.25, 0.3) is 0 Å². The van der Waals surface area contributed by atoms with Crippen LogP contribution < -0.4 is 4.90 Å². The van der Waals surface area contributed by atoms with Crippen LogP contribution in [0.15, 0.2) is 36.7 Å². The Morgan fingerprint density at radius 3 is 2.80 bits per heavy atom. The van der Waals surface area contributed by atoms with Gasteiger partial charge in [-0.1, -0.05) is 12.1 Å². The van der Waals surface area contributed by atoms with Crippen molar-refractivity contribution in [1.82, 2.24) is 24.6 Å². The summed E-state index contributed by atoms with van der Waals surface area (Å²) < 4.78 is 21.9. The summed E-state index contributed by atoms with van der Waals surface area (Å²) in [6, 6.07) is 6.53. The van der Waals surface area contributed by atoms with Crippen molar-refractivity contribution in [3.63, 3.8) is 0 Å². The zero-order valence-electron chi connectivity index (χ0n) is 17.8. The van der Waals surface area contributed by atoms with Crippen molar-refractivity contribution in [1.29, 1.82) is 0 Å². The normalized spacial score (nSPS) is 17.3. The van der Waals surface area contributed by atoms with Gasteiger partial charge in [0.2, 0.25) is 5.95 Å². The summed E-state index contributed by atoms with van der Waals surface area (Å²) in [4.78, 5) is 13.5. The molecule has 0 N–H and O–H groups in total. The molecule has 0 amide bonds. The number of rotatable bonds is 5. The van der Waals surface area contributed by atoms with Gasteiger partial charge in [0.05, 0.1) is 18.5 Å². The van der Waals surface area contributed by atoms with E-state index in [9.17, 15) is 4.39 Å². The third-order valence-electron chi connectivity index (χ3n) is 5.53. The van der Waals surface area contributed by atoms with E-state index in [0.717, 1.165) is 35.6 Å². The van der Waals surface area contributed by atoms with Gasteiger partial charge in [0.1, 0.15) is 11.9 Å². The highest BCUT2D eigenvalue weighted by Gasteiger charge is 2.27. The molecule has 3 heterocycles. The third kappa shape index (κ3) is 4.20. The number of halogens is 1. The van der Waals surface area contributed by atoms with Gasteiger partial charge in [-0.3, -0.25) is 9.58 Å². The highest BCUT2D eigenvalue weighted by molar-refractivity contribution is 5.66. The Kier molecular flexibility index (Phi) is 5.78. The zero-order chi connectivity index (χ0) is 21.3. The molecule has 0 spiro atoms. The van der Waals surface area contributed by atoms with Crippen LogP contribution in [0, 0.1) is 12.7 Å². The van der Waals surface area contributed by atoms with Crippen LogP contribution in [0.3, 0.4) is 0 Å². The van der Waals surface area contributed by atoms with E-state index in [4.69, 9.17) is 9.72 Å². The van der Waals surface area contributed by atoms with E-state index in [1.165, 1.54) is 17.7 Å². The first-order valence-electron chi connectivity index (χ1n) is 10.0. The molecular weight excluding hydrogens is 383 g/mol. The van der Waals surface area contributed by atoms with E-state index >= 15 is 0 Å². The molecule has 158 valence electrons. The molecule has 7 nitrogen and oxygen atoms in total. The van der Waals surface area contributed by atoms with Crippen LogP contribution in [0.2, 0.25) is 0 Å². The maximum atomic E-state index is 13.9. The number of aryl methyl sites for hydroxylation is 1. The number of benzene rings is 1. The molecule has 0 unspecified atom stereocenters. The summed E-state index contributed by atoms with van der Waals surface area (Å²) >= 11 is 0. The quantitative estimate of drug-likeness (QED) is 0.645. The first-order chi connectivity index (χ1) is 14.4. The van der Waals surface area contributed by atoms with Gasteiger partial charge in [-0.15, -0.1) is 0 Å². The van der Waals surface area contributed by atoms with Crippen molar-refractivity contribution >= 4 is 5.95 Å². The Morgan fingerprint density at radius 2 is 2.10 bits per heavy atom. The summed E-state index contributed by atoms with van der Waals surface area (Å²) in [7, 11) is 5.76. The minimum absolute atomic E-state index is 0.226. The Bertz CT molecular complexity index is 1030. The van der Waals surface area contributed by atoms with Crippen molar-refractivity contribution < 1.29 is 9.13 Å². The number of ether oxygens (including phenoxy) is 1. The maximum absolute atomic E-state index is 13.9. The Balaban J connectivity index is 1.65. The lowest BCUT2D eigenvalue weighted by Crippen LogP contribution is -2.38. The molecule has 1 aliphatic rings. The van der Waals surface area contributed by atoms with Gasteiger partial charge >= 0.3 is 0 Å². The van der Waals surface area contributed by atoms with Crippen LogP contribution in [0.5, 0.6) is 0 Å². The summed E-state index contributed by atoms with van der Waals surface area (Å²) in [5, 5.41) is 4.35. The third-order valence-corrected chi connectivity index (χ3v) is 5.53. The molecule has 0 aliphatic carbocycles. The van der Waals surface area contributed by atoms with Gasteiger partial charge < -0.3 is 9.64 Å².